The summed E-state index contributed by atoms with van der Waals surface area (Å²) in [5, 5.41) is 3.07. The molecule has 0 heterocycles. The Kier molecular flexibility index (Phi) is 9.57. The van der Waals surface area contributed by atoms with Gasteiger partial charge in [0.15, 0.2) is 34.6 Å². The van der Waals surface area contributed by atoms with E-state index in [1.807, 2.05) is 36.4 Å². The van der Waals surface area contributed by atoms with Crippen molar-refractivity contribution in [2.45, 2.75) is 0 Å². The number of ether oxygens (including phenoxy) is 5. The summed E-state index contributed by atoms with van der Waals surface area (Å²) in [6.07, 6.45) is 6.60. The average Bonchev–Trinajstić information content (AvgIpc) is 2.90. The van der Waals surface area contributed by atoms with Crippen LogP contribution in [0.15, 0.2) is 59.2 Å². The van der Waals surface area contributed by atoms with Crippen LogP contribution in [0.5, 0.6) is 28.7 Å². The number of carbonyl (C=O) groups excluding carboxylic acids is 1. The lowest BCUT2D eigenvalue weighted by molar-refractivity contribution is 0.104. The zero-order chi connectivity index (χ0) is 26.9. The molecule has 0 aliphatic rings. The van der Waals surface area contributed by atoms with Gasteiger partial charge in [0.2, 0.25) is 5.75 Å². The largest absolute Gasteiger partial charge is 0.494 e. The summed E-state index contributed by atoms with van der Waals surface area (Å²) < 4.78 is 41.2. The van der Waals surface area contributed by atoms with E-state index in [2.05, 4.69) is 21.2 Å². The van der Waals surface area contributed by atoms with Gasteiger partial charge in [-0.1, -0.05) is 12.2 Å². The van der Waals surface area contributed by atoms with Crippen molar-refractivity contribution < 1.29 is 32.9 Å². The Morgan fingerprint density at radius 3 is 1.92 bits per heavy atom. The number of benzene rings is 3. The van der Waals surface area contributed by atoms with Gasteiger partial charge < -0.3 is 29.0 Å². The van der Waals surface area contributed by atoms with Gasteiger partial charge in [-0.15, -0.1) is 0 Å². The van der Waals surface area contributed by atoms with Crippen molar-refractivity contribution in [2.24, 2.45) is 0 Å². The molecule has 7 nitrogen and oxygen atoms in total. The van der Waals surface area contributed by atoms with E-state index >= 15 is 0 Å². The second-order valence-electron chi connectivity index (χ2n) is 7.57. The monoisotopic (exact) mass is 571 g/mol. The van der Waals surface area contributed by atoms with Crippen LogP contribution in [0.1, 0.15) is 21.5 Å². The molecule has 37 heavy (non-hydrogen) atoms. The molecule has 0 aliphatic carbocycles. The zero-order valence-electron chi connectivity index (χ0n) is 21.1. The highest BCUT2D eigenvalue weighted by Crippen LogP contribution is 2.39. The number of hydrogen-bond acceptors (Lipinski definition) is 7. The lowest BCUT2D eigenvalue weighted by Crippen LogP contribution is -1.99. The minimum absolute atomic E-state index is 0.0737. The van der Waals surface area contributed by atoms with Gasteiger partial charge in [-0.2, -0.15) is 0 Å². The molecular formula is C28H27BrFNO6. The van der Waals surface area contributed by atoms with Crippen LogP contribution in [0.2, 0.25) is 0 Å². The van der Waals surface area contributed by atoms with Crippen molar-refractivity contribution in [2.75, 3.05) is 40.9 Å². The first-order valence-corrected chi connectivity index (χ1v) is 11.8. The van der Waals surface area contributed by atoms with E-state index in [1.54, 1.807) is 28.4 Å². The van der Waals surface area contributed by atoms with Gasteiger partial charge in [0.25, 0.3) is 0 Å². The van der Waals surface area contributed by atoms with E-state index in [-0.39, 0.29) is 17.1 Å². The molecule has 0 aliphatic heterocycles. The molecule has 3 rings (SSSR count). The summed E-state index contributed by atoms with van der Waals surface area (Å²) in [5.41, 5.74) is 2.51. The number of anilines is 1. The van der Waals surface area contributed by atoms with E-state index in [0.29, 0.717) is 33.2 Å². The lowest BCUT2D eigenvalue weighted by Gasteiger charge is -2.13. The zero-order valence-corrected chi connectivity index (χ0v) is 22.6. The number of methoxy groups -OCH3 is 5. The van der Waals surface area contributed by atoms with Gasteiger partial charge in [0.05, 0.1) is 45.7 Å². The van der Waals surface area contributed by atoms with Gasteiger partial charge in [0, 0.05) is 17.8 Å². The summed E-state index contributed by atoms with van der Waals surface area (Å²) >= 11 is 3.53. The highest BCUT2D eigenvalue weighted by molar-refractivity contribution is 9.10. The minimum atomic E-state index is -0.605. The van der Waals surface area contributed by atoms with E-state index in [9.17, 15) is 9.18 Å². The van der Waals surface area contributed by atoms with E-state index < -0.39 is 5.82 Å². The average molecular weight is 572 g/mol. The Labute approximate surface area is 223 Å². The van der Waals surface area contributed by atoms with Crippen molar-refractivity contribution in [3.8, 4) is 28.7 Å². The molecule has 0 amide bonds. The van der Waals surface area contributed by atoms with Gasteiger partial charge in [0.1, 0.15) is 0 Å². The van der Waals surface area contributed by atoms with Gasteiger partial charge >= 0.3 is 0 Å². The van der Waals surface area contributed by atoms with E-state index in [1.165, 1.54) is 31.5 Å². The molecule has 1 N–H and O–H groups in total. The van der Waals surface area contributed by atoms with Crippen molar-refractivity contribution in [3.05, 3.63) is 81.7 Å². The molecule has 0 saturated carbocycles. The van der Waals surface area contributed by atoms with Gasteiger partial charge in [-0.25, -0.2) is 4.39 Å². The fraction of sp³-hybridized carbons (Fsp3) is 0.179. The second kappa shape index (κ2) is 12.8. The first-order valence-electron chi connectivity index (χ1n) is 11.0. The van der Waals surface area contributed by atoms with E-state index in [4.69, 9.17) is 23.7 Å². The Hall–Kier alpha value is -3.98. The van der Waals surface area contributed by atoms with Crippen LogP contribution >= 0.6 is 15.9 Å². The third-order valence-electron chi connectivity index (χ3n) is 5.34. The topological polar surface area (TPSA) is 75.3 Å². The first-order chi connectivity index (χ1) is 17.8. The highest BCUT2D eigenvalue weighted by Gasteiger charge is 2.13. The molecule has 0 spiro atoms. The molecule has 0 fully saturated rings. The van der Waals surface area contributed by atoms with Crippen LogP contribution < -0.4 is 29.0 Å². The summed E-state index contributed by atoms with van der Waals surface area (Å²) in [6, 6.07) is 11.5. The molecule has 9 heteroatoms. The normalized spacial score (nSPS) is 11.0. The number of rotatable bonds is 11. The number of carbonyl (C=O) groups is 1. The smallest absolute Gasteiger partial charge is 0.203 e. The molecule has 0 unspecified atom stereocenters. The molecule has 0 aromatic heterocycles. The molecule has 3 aromatic carbocycles. The van der Waals surface area contributed by atoms with Crippen LogP contribution in [0.25, 0.3) is 12.2 Å². The molecule has 3 aromatic rings. The number of halogens is 2. The summed E-state index contributed by atoms with van der Waals surface area (Å²) in [5.74, 6) is 1.26. The number of allylic oxidation sites excluding steroid dienone is 1. The predicted molar refractivity (Wildman–Crippen MR) is 146 cm³/mol. The molecule has 0 radical (unpaired) electrons. The van der Waals surface area contributed by atoms with Gasteiger partial charge in [-0.3, -0.25) is 4.79 Å². The number of ketones is 1. The molecule has 0 atom stereocenters. The molecular weight excluding hydrogens is 545 g/mol. The third kappa shape index (κ3) is 6.62. The fourth-order valence-electron chi connectivity index (χ4n) is 3.54. The molecule has 194 valence electrons. The highest BCUT2D eigenvalue weighted by atomic mass is 79.9. The second-order valence-corrected chi connectivity index (χ2v) is 8.42. The van der Waals surface area contributed by atoms with Crippen LogP contribution in [0.4, 0.5) is 10.1 Å². The number of hydrogen-bond donors (Lipinski definition) is 1. The van der Waals surface area contributed by atoms with Crippen molar-refractivity contribution in [1.29, 1.82) is 0 Å². The predicted octanol–water partition coefficient (Wildman–Crippen LogP) is 6.61. The Morgan fingerprint density at radius 2 is 1.38 bits per heavy atom. The Morgan fingerprint density at radius 1 is 0.784 bits per heavy atom. The van der Waals surface area contributed by atoms with Crippen LogP contribution in [0, 0.1) is 5.82 Å². The lowest BCUT2D eigenvalue weighted by atomic mass is 10.1. The SMILES string of the molecule is COc1ccc(C(=O)C=CNc2cc(C=Cc3cc(OC)c(OC)c(OC)c3)cc(Br)c2OC)cc1F. The first kappa shape index (κ1) is 27.6. The Balaban J connectivity index is 1.84. The summed E-state index contributed by atoms with van der Waals surface area (Å²) in [4.78, 5) is 12.5. The molecule has 0 saturated heterocycles. The van der Waals surface area contributed by atoms with Crippen molar-refractivity contribution in [3.63, 3.8) is 0 Å². The maximum absolute atomic E-state index is 13.9. The van der Waals surface area contributed by atoms with Crippen molar-refractivity contribution >= 4 is 39.6 Å². The minimum Gasteiger partial charge on any atom is -0.494 e. The number of nitrogens with one attached hydrogen (secondary N) is 1. The standard InChI is InChI=1S/C28H27BrFNO6/c1-33-24-9-8-19(16-21(24)30)23(32)10-11-31-22-13-17(12-20(29)27(22)36-4)6-7-18-14-25(34-2)28(37-5)26(15-18)35-3/h6-16,31H,1-5H3. The molecule has 0 bridgehead atoms. The fourth-order valence-corrected chi connectivity index (χ4v) is 4.18. The van der Waals surface area contributed by atoms with E-state index in [0.717, 1.165) is 17.2 Å². The Bertz CT molecular complexity index is 1310. The van der Waals surface area contributed by atoms with Crippen molar-refractivity contribution in [1.82, 2.24) is 0 Å². The van der Waals surface area contributed by atoms with Gasteiger partial charge in [-0.05, 0) is 69.5 Å². The summed E-state index contributed by atoms with van der Waals surface area (Å²) in [7, 11) is 7.59. The van der Waals surface area contributed by atoms with Crippen LogP contribution in [0.3, 0.4) is 0 Å². The van der Waals surface area contributed by atoms with Crippen LogP contribution in [-0.2, 0) is 0 Å². The third-order valence-corrected chi connectivity index (χ3v) is 5.92. The van der Waals surface area contributed by atoms with Crippen LogP contribution in [-0.4, -0.2) is 41.3 Å². The summed E-state index contributed by atoms with van der Waals surface area (Å²) in [6.45, 7) is 0. The maximum Gasteiger partial charge on any atom is 0.203 e. The maximum atomic E-state index is 13.9. The quantitative estimate of drug-likeness (QED) is 0.158.